The number of oxazole rings is 1. The Hall–Kier alpha value is -4.39. The van der Waals surface area contributed by atoms with Crippen molar-refractivity contribution >= 4 is 17.4 Å². The van der Waals surface area contributed by atoms with E-state index in [4.69, 9.17) is 9.15 Å². The van der Waals surface area contributed by atoms with E-state index >= 15 is 0 Å². The highest BCUT2D eigenvalue weighted by molar-refractivity contribution is 5.99. The van der Waals surface area contributed by atoms with E-state index < -0.39 is 5.97 Å². The number of anilines is 1. The minimum absolute atomic E-state index is 0.0328. The second-order valence-electron chi connectivity index (χ2n) is 10.1. The van der Waals surface area contributed by atoms with E-state index in [9.17, 15) is 14.7 Å². The summed E-state index contributed by atoms with van der Waals surface area (Å²) in [6.07, 6.45) is 2.44. The van der Waals surface area contributed by atoms with Crippen LogP contribution in [0.5, 0.6) is 5.75 Å². The molecule has 3 aromatic carbocycles. The lowest BCUT2D eigenvalue weighted by atomic mass is 9.92. The van der Waals surface area contributed by atoms with Crippen LogP contribution in [0.3, 0.4) is 0 Å². The van der Waals surface area contributed by atoms with Crippen LogP contribution in [0.1, 0.15) is 58.3 Å². The lowest BCUT2D eigenvalue weighted by Gasteiger charge is -2.32. The molecule has 0 spiro atoms. The van der Waals surface area contributed by atoms with Crippen LogP contribution in [0.15, 0.2) is 71.1 Å². The van der Waals surface area contributed by atoms with Crippen LogP contribution in [0, 0.1) is 6.92 Å². The number of Topliss-reactive ketones (excluding diaryl/α,β-unsaturated/α-hetero) is 1. The Labute approximate surface area is 234 Å². The van der Waals surface area contributed by atoms with Crippen LogP contribution in [-0.4, -0.2) is 35.0 Å². The van der Waals surface area contributed by atoms with E-state index in [0.29, 0.717) is 49.6 Å². The minimum atomic E-state index is -0.791. The maximum atomic E-state index is 12.7. The molecule has 40 heavy (non-hydrogen) atoms. The first-order valence-corrected chi connectivity index (χ1v) is 13.8. The molecule has 1 aliphatic heterocycles. The Morgan fingerprint density at radius 2 is 1.88 bits per heavy atom. The molecule has 7 heteroatoms. The standard InChI is InChI=1S/C33H34N2O5/c1-3-30(36)27-14-13-26(35-18-16-24-11-7-10-23(28(24)21-35)12-15-32(37)38)20-31(27)39-19-17-29-22(2)40-33(34-29)25-8-5-4-6-9-25/h4-11,13-14,20H,3,12,15-19,21H2,1-2H3,(H,37,38). The monoisotopic (exact) mass is 538 g/mol. The van der Waals surface area contributed by atoms with E-state index in [1.807, 2.05) is 74.5 Å². The highest BCUT2D eigenvalue weighted by Gasteiger charge is 2.22. The number of carboxylic acid groups (broad SMARTS) is 1. The van der Waals surface area contributed by atoms with Crippen LogP contribution in [-0.2, 0) is 30.6 Å². The number of aromatic nitrogens is 1. The van der Waals surface area contributed by atoms with Gasteiger partial charge in [-0.2, -0.15) is 0 Å². The Balaban J connectivity index is 1.33. The van der Waals surface area contributed by atoms with Crippen molar-refractivity contribution in [2.45, 2.75) is 52.5 Å². The van der Waals surface area contributed by atoms with Crippen molar-refractivity contribution in [3.63, 3.8) is 0 Å². The fourth-order valence-electron chi connectivity index (χ4n) is 5.22. The largest absolute Gasteiger partial charge is 0.492 e. The van der Waals surface area contributed by atoms with Crippen molar-refractivity contribution in [3.05, 3.63) is 100 Å². The van der Waals surface area contributed by atoms with Crippen LogP contribution >= 0.6 is 0 Å². The summed E-state index contributed by atoms with van der Waals surface area (Å²) in [6.45, 7) is 5.63. The third-order valence-corrected chi connectivity index (χ3v) is 7.44. The van der Waals surface area contributed by atoms with E-state index in [2.05, 4.69) is 16.0 Å². The maximum Gasteiger partial charge on any atom is 0.303 e. The van der Waals surface area contributed by atoms with Crippen LogP contribution in [0.4, 0.5) is 5.69 Å². The van der Waals surface area contributed by atoms with Crippen molar-refractivity contribution in [2.24, 2.45) is 0 Å². The molecule has 0 saturated heterocycles. The van der Waals surface area contributed by atoms with Crippen molar-refractivity contribution in [2.75, 3.05) is 18.1 Å². The number of hydrogen-bond acceptors (Lipinski definition) is 6. The van der Waals surface area contributed by atoms with Crippen molar-refractivity contribution in [1.29, 1.82) is 0 Å². The third-order valence-electron chi connectivity index (χ3n) is 7.44. The fraction of sp³-hybridized carbons (Fsp3) is 0.303. The minimum Gasteiger partial charge on any atom is -0.492 e. The molecular weight excluding hydrogens is 504 g/mol. The number of ether oxygens (including phenoxy) is 1. The zero-order valence-corrected chi connectivity index (χ0v) is 23.0. The second-order valence-corrected chi connectivity index (χ2v) is 10.1. The highest BCUT2D eigenvalue weighted by atomic mass is 16.5. The van der Waals surface area contributed by atoms with Gasteiger partial charge in [0.05, 0.1) is 17.9 Å². The van der Waals surface area contributed by atoms with Gasteiger partial charge >= 0.3 is 5.97 Å². The number of carboxylic acids is 1. The van der Waals surface area contributed by atoms with Gasteiger partial charge in [-0.3, -0.25) is 9.59 Å². The molecule has 0 aliphatic carbocycles. The Morgan fingerprint density at radius 1 is 1.05 bits per heavy atom. The topological polar surface area (TPSA) is 92.9 Å². The molecule has 1 aromatic heterocycles. The normalized spacial score (nSPS) is 12.7. The number of hydrogen-bond donors (Lipinski definition) is 1. The van der Waals surface area contributed by atoms with Crippen molar-refractivity contribution < 1.29 is 23.8 Å². The van der Waals surface area contributed by atoms with Gasteiger partial charge in [-0.1, -0.05) is 43.3 Å². The van der Waals surface area contributed by atoms with Gasteiger partial charge < -0.3 is 19.2 Å². The molecule has 0 bridgehead atoms. The molecule has 1 aliphatic rings. The first-order chi connectivity index (χ1) is 19.4. The number of benzene rings is 3. The molecule has 0 radical (unpaired) electrons. The summed E-state index contributed by atoms with van der Waals surface area (Å²) in [4.78, 5) is 30.9. The summed E-state index contributed by atoms with van der Waals surface area (Å²) in [5.74, 6) is 1.15. The lowest BCUT2D eigenvalue weighted by Crippen LogP contribution is -2.31. The van der Waals surface area contributed by atoms with E-state index in [0.717, 1.165) is 41.2 Å². The molecular formula is C33H34N2O5. The molecule has 0 atom stereocenters. The Morgan fingerprint density at radius 3 is 2.65 bits per heavy atom. The molecule has 0 unspecified atom stereocenters. The average Bonchev–Trinajstić information content (AvgIpc) is 3.35. The molecule has 5 rings (SSSR count). The predicted octanol–water partition coefficient (Wildman–Crippen LogP) is 6.44. The molecule has 0 saturated carbocycles. The smallest absolute Gasteiger partial charge is 0.303 e. The number of aliphatic carboxylic acids is 1. The lowest BCUT2D eigenvalue weighted by molar-refractivity contribution is -0.136. The quantitative estimate of drug-likeness (QED) is 0.220. The summed E-state index contributed by atoms with van der Waals surface area (Å²) in [5.41, 5.74) is 6.86. The summed E-state index contributed by atoms with van der Waals surface area (Å²) in [6, 6.07) is 21.8. The van der Waals surface area contributed by atoms with Crippen LogP contribution in [0.25, 0.3) is 11.5 Å². The fourth-order valence-corrected chi connectivity index (χ4v) is 5.22. The van der Waals surface area contributed by atoms with Gasteiger partial charge in [-0.05, 0) is 60.7 Å². The number of rotatable bonds is 11. The molecule has 4 aromatic rings. The molecule has 0 amide bonds. The number of carbonyl (C=O) groups is 2. The number of aryl methyl sites for hydroxylation is 2. The average molecular weight is 539 g/mol. The predicted molar refractivity (Wildman–Crippen MR) is 154 cm³/mol. The SMILES string of the molecule is CCC(=O)c1ccc(N2CCc3cccc(CCC(=O)O)c3C2)cc1OCCc1nc(-c2ccccc2)oc1C. The number of carbonyl (C=O) groups excluding carboxylic acids is 1. The number of ketones is 1. The second kappa shape index (κ2) is 12.2. The highest BCUT2D eigenvalue weighted by Crippen LogP contribution is 2.32. The number of nitrogens with zero attached hydrogens (tertiary/aromatic N) is 2. The summed E-state index contributed by atoms with van der Waals surface area (Å²) >= 11 is 0. The number of fused-ring (bicyclic) bond motifs is 1. The van der Waals surface area contributed by atoms with Gasteiger partial charge in [0.25, 0.3) is 0 Å². The van der Waals surface area contributed by atoms with Crippen LogP contribution in [0.2, 0.25) is 0 Å². The Kier molecular flexibility index (Phi) is 8.29. The maximum absolute atomic E-state index is 12.7. The Bertz CT molecular complexity index is 1510. The molecule has 206 valence electrons. The van der Waals surface area contributed by atoms with Crippen molar-refractivity contribution in [1.82, 2.24) is 4.98 Å². The van der Waals surface area contributed by atoms with E-state index in [1.165, 1.54) is 11.1 Å². The summed E-state index contributed by atoms with van der Waals surface area (Å²) in [7, 11) is 0. The molecule has 0 fully saturated rings. The molecule has 7 nitrogen and oxygen atoms in total. The van der Waals surface area contributed by atoms with Crippen LogP contribution < -0.4 is 9.64 Å². The van der Waals surface area contributed by atoms with Crippen molar-refractivity contribution in [3.8, 4) is 17.2 Å². The van der Waals surface area contributed by atoms with Gasteiger partial charge in [-0.15, -0.1) is 0 Å². The van der Waals surface area contributed by atoms with Gasteiger partial charge in [0.2, 0.25) is 5.89 Å². The summed E-state index contributed by atoms with van der Waals surface area (Å²) in [5, 5.41) is 9.18. The molecule has 1 N–H and O–H groups in total. The first kappa shape index (κ1) is 27.2. The summed E-state index contributed by atoms with van der Waals surface area (Å²) < 4.78 is 12.1. The zero-order valence-electron chi connectivity index (χ0n) is 23.0. The van der Waals surface area contributed by atoms with Gasteiger partial charge in [0.15, 0.2) is 5.78 Å². The third kappa shape index (κ3) is 6.09. The van der Waals surface area contributed by atoms with E-state index in [-0.39, 0.29) is 12.2 Å². The van der Waals surface area contributed by atoms with Gasteiger partial charge in [0, 0.05) is 49.7 Å². The first-order valence-electron chi connectivity index (χ1n) is 13.8. The van der Waals surface area contributed by atoms with Gasteiger partial charge in [0.1, 0.15) is 11.5 Å². The zero-order chi connectivity index (χ0) is 28.1. The molecule has 2 heterocycles. The van der Waals surface area contributed by atoms with Gasteiger partial charge in [-0.25, -0.2) is 4.98 Å². The van der Waals surface area contributed by atoms with E-state index in [1.54, 1.807) is 0 Å².